The summed E-state index contributed by atoms with van der Waals surface area (Å²) in [5.41, 5.74) is 2.71. The van der Waals surface area contributed by atoms with Gasteiger partial charge in [0.25, 0.3) is 11.8 Å². The van der Waals surface area contributed by atoms with Crippen molar-refractivity contribution in [2.45, 2.75) is 26.3 Å². The van der Waals surface area contributed by atoms with Crippen LogP contribution < -0.4 is 10.6 Å². The number of benzene rings is 2. The van der Waals surface area contributed by atoms with Gasteiger partial charge in [0, 0.05) is 30.3 Å². The molecule has 0 aliphatic carbocycles. The Hall–Kier alpha value is -3.30. The summed E-state index contributed by atoms with van der Waals surface area (Å²) in [6.45, 7) is 3.30. The minimum atomic E-state index is -0.467. The predicted molar refractivity (Wildman–Crippen MR) is 131 cm³/mol. The van der Waals surface area contributed by atoms with Crippen LogP contribution in [0.1, 0.15) is 43.6 Å². The van der Waals surface area contributed by atoms with Gasteiger partial charge in [-0.15, -0.1) is 10.2 Å². The van der Waals surface area contributed by atoms with Gasteiger partial charge in [0.2, 0.25) is 15.9 Å². The second-order valence-electron chi connectivity index (χ2n) is 8.11. The number of amides is 3. The molecule has 1 unspecified atom stereocenters. The van der Waals surface area contributed by atoms with Gasteiger partial charge in [0.05, 0.1) is 5.92 Å². The first-order chi connectivity index (χ1) is 16.4. The van der Waals surface area contributed by atoms with Gasteiger partial charge in [-0.3, -0.25) is 14.4 Å². The second-order valence-corrected chi connectivity index (χ2v) is 9.53. The van der Waals surface area contributed by atoms with Crippen LogP contribution in [0.4, 0.5) is 5.69 Å². The van der Waals surface area contributed by atoms with E-state index in [0.717, 1.165) is 28.9 Å². The van der Waals surface area contributed by atoms with Crippen molar-refractivity contribution in [2.24, 2.45) is 5.92 Å². The Morgan fingerprint density at radius 3 is 2.71 bits per heavy atom. The highest BCUT2D eigenvalue weighted by molar-refractivity contribution is 7.15. The maximum Gasteiger partial charge on any atom is 0.286 e. The van der Waals surface area contributed by atoms with Crippen molar-refractivity contribution in [3.8, 4) is 0 Å². The van der Waals surface area contributed by atoms with Crippen LogP contribution in [-0.2, 0) is 11.3 Å². The van der Waals surface area contributed by atoms with Crippen LogP contribution >= 0.6 is 22.9 Å². The maximum atomic E-state index is 13.0. The number of hydrogen-bond donors (Lipinski definition) is 2. The summed E-state index contributed by atoms with van der Waals surface area (Å²) in [5, 5.41) is 14.2. The van der Waals surface area contributed by atoms with Crippen molar-refractivity contribution in [1.82, 2.24) is 20.4 Å². The Kier molecular flexibility index (Phi) is 7.54. The molecule has 2 N–H and O–H groups in total. The third-order valence-corrected chi connectivity index (χ3v) is 6.82. The lowest BCUT2D eigenvalue weighted by Crippen LogP contribution is -2.45. The maximum absolute atomic E-state index is 13.0. The molecule has 0 saturated carbocycles. The van der Waals surface area contributed by atoms with Crippen molar-refractivity contribution in [2.75, 3.05) is 18.4 Å². The standard InChI is InChI=1S/C24H24ClN5O3S/c1-15-6-2-3-7-16(15)13-26-20(31)17-8-5-11-30(14-17)24(33)23-29-28-22(34-23)21(32)27-19-10-4-9-18(25)12-19/h2-4,6-7,9-10,12,17H,5,8,11,13-14H2,1H3,(H,26,31)(H,27,32). The van der Waals surface area contributed by atoms with Gasteiger partial charge in [0.1, 0.15) is 0 Å². The van der Waals surface area contributed by atoms with Crippen molar-refractivity contribution < 1.29 is 14.4 Å². The summed E-state index contributed by atoms with van der Waals surface area (Å²) in [6.07, 6.45) is 1.43. The highest BCUT2D eigenvalue weighted by Crippen LogP contribution is 2.22. The van der Waals surface area contributed by atoms with Gasteiger partial charge in [-0.1, -0.05) is 53.3 Å². The van der Waals surface area contributed by atoms with E-state index in [4.69, 9.17) is 11.6 Å². The lowest BCUT2D eigenvalue weighted by atomic mass is 9.97. The fourth-order valence-electron chi connectivity index (χ4n) is 3.80. The molecule has 0 spiro atoms. The summed E-state index contributed by atoms with van der Waals surface area (Å²) < 4.78 is 0. The van der Waals surface area contributed by atoms with E-state index in [2.05, 4.69) is 20.8 Å². The first kappa shape index (κ1) is 23.8. The van der Waals surface area contributed by atoms with Gasteiger partial charge in [-0.05, 0) is 49.1 Å². The minimum absolute atomic E-state index is 0.0698. The summed E-state index contributed by atoms with van der Waals surface area (Å²) in [5.74, 6) is -1.15. The average molecular weight is 498 g/mol. The zero-order valence-corrected chi connectivity index (χ0v) is 20.2. The van der Waals surface area contributed by atoms with E-state index in [-0.39, 0.29) is 27.7 Å². The molecule has 1 atom stereocenters. The molecule has 2 aromatic carbocycles. The number of aryl methyl sites for hydroxylation is 1. The molecule has 1 aromatic heterocycles. The number of anilines is 1. The minimum Gasteiger partial charge on any atom is -0.352 e. The van der Waals surface area contributed by atoms with Crippen LogP contribution in [0.2, 0.25) is 5.02 Å². The smallest absolute Gasteiger partial charge is 0.286 e. The third-order valence-electron chi connectivity index (χ3n) is 5.68. The number of rotatable bonds is 6. The van der Waals surface area contributed by atoms with E-state index in [1.807, 2.05) is 31.2 Å². The Bertz CT molecular complexity index is 1210. The Labute approximate surface area is 206 Å². The number of piperidine rings is 1. The molecule has 10 heteroatoms. The van der Waals surface area contributed by atoms with Crippen molar-refractivity contribution in [3.05, 3.63) is 74.7 Å². The molecule has 1 aliphatic heterocycles. The van der Waals surface area contributed by atoms with Crippen LogP contribution in [0.25, 0.3) is 0 Å². The van der Waals surface area contributed by atoms with E-state index in [0.29, 0.717) is 36.8 Å². The second kappa shape index (κ2) is 10.8. The summed E-state index contributed by atoms with van der Waals surface area (Å²) in [4.78, 5) is 39.8. The van der Waals surface area contributed by atoms with E-state index >= 15 is 0 Å². The molecule has 3 aromatic rings. The molecule has 3 amide bonds. The van der Waals surface area contributed by atoms with Gasteiger partial charge in [-0.2, -0.15) is 0 Å². The van der Waals surface area contributed by atoms with E-state index in [9.17, 15) is 14.4 Å². The van der Waals surface area contributed by atoms with Gasteiger partial charge >= 0.3 is 0 Å². The zero-order chi connectivity index (χ0) is 24.1. The van der Waals surface area contributed by atoms with Crippen LogP contribution in [0, 0.1) is 12.8 Å². The van der Waals surface area contributed by atoms with Crippen molar-refractivity contribution in [1.29, 1.82) is 0 Å². The van der Waals surface area contributed by atoms with Crippen molar-refractivity contribution >= 4 is 46.3 Å². The number of nitrogens with one attached hydrogen (secondary N) is 2. The number of hydrogen-bond acceptors (Lipinski definition) is 6. The van der Waals surface area contributed by atoms with Crippen LogP contribution in [-0.4, -0.2) is 45.9 Å². The largest absolute Gasteiger partial charge is 0.352 e. The predicted octanol–water partition coefficient (Wildman–Crippen LogP) is 3.92. The SMILES string of the molecule is Cc1ccccc1CNC(=O)C1CCCN(C(=O)c2nnc(C(=O)Nc3cccc(Cl)c3)s2)C1. The molecular formula is C24H24ClN5O3S. The fraction of sp³-hybridized carbons (Fsp3) is 0.292. The molecule has 8 nitrogen and oxygen atoms in total. The van der Waals surface area contributed by atoms with E-state index < -0.39 is 5.91 Å². The molecule has 34 heavy (non-hydrogen) atoms. The summed E-state index contributed by atoms with van der Waals surface area (Å²) >= 11 is 6.87. The Balaban J connectivity index is 1.34. The number of carbonyl (C=O) groups excluding carboxylic acids is 3. The summed E-state index contributed by atoms with van der Waals surface area (Å²) in [6, 6.07) is 14.6. The first-order valence-corrected chi connectivity index (χ1v) is 12.1. The molecular weight excluding hydrogens is 474 g/mol. The molecule has 0 radical (unpaired) electrons. The fourth-order valence-corrected chi connectivity index (χ4v) is 4.70. The third kappa shape index (κ3) is 5.78. The average Bonchev–Trinajstić information content (AvgIpc) is 3.33. The van der Waals surface area contributed by atoms with Gasteiger partial charge in [0.15, 0.2) is 0 Å². The molecule has 1 saturated heterocycles. The molecule has 1 fully saturated rings. The lowest BCUT2D eigenvalue weighted by molar-refractivity contribution is -0.126. The number of aromatic nitrogens is 2. The number of carbonyl (C=O) groups is 3. The summed E-state index contributed by atoms with van der Waals surface area (Å²) in [7, 11) is 0. The van der Waals surface area contributed by atoms with Crippen LogP contribution in [0.15, 0.2) is 48.5 Å². The van der Waals surface area contributed by atoms with Gasteiger partial charge in [-0.25, -0.2) is 0 Å². The highest BCUT2D eigenvalue weighted by Gasteiger charge is 2.31. The Morgan fingerprint density at radius 1 is 1.12 bits per heavy atom. The van der Waals surface area contributed by atoms with E-state index in [1.54, 1.807) is 29.2 Å². The topological polar surface area (TPSA) is 104 Å². The van der Waals surface area contributed by atoms with E-state index in [1.165, 1.54) is 0 Å². The molecule has 0 bridgehead atoms. The molecule has 2 heterocycles. The van der Waals surface area contributed by atoms with Crippen molar-refractivity contribution in [3.63, 3.8) is 0 Å². The molecule has 1 aliphatic rings. The van der Waals surface area contributed by atoms with Crippen LogP contribution in [0.5, 0.6) is 0 Å². The monoisotopic (exact) mass is 497 g/mol. The number of nitrogens with zero attached hydrogens (tertiary/aromatic N) is 3. The highest BCUT2D eigenvalue weighted by atomic mass is 35.5. The molecule has 176 valence electrons. The van der Waals surface area contributed by atoms with Gasteiger partial charge < -0.3 is 15.5 Å². The normalized spacial score (nSPS) is 15.6. The zero-order valence-electron chi connectivity index (χ0n) is 18.6. The molecule has 4 rings (SSSR count). The number of halogens is 1. The van der Waals surface area contributed by atoms with Crippen LogP contribution in [0.3, 0.4) is 0 Å². The Morgan fingerprint density at radius 2 is 1.91 bits per heavy atom. The lowest BCUT2D eigenvalue weighted by Gasteiger charge is -2.31. The quantitative estimate of drug-likeness (QED) is 0.537. The first-order valence-electron chi connectivity index (χ1n) is 10.9. The number of likely N-dealkylation sites (tertiary alicyclic amines) is 1.